The van der Waals surface area contributed by atoms with Crippen LogP contribution in [0.1, 0.15) is 0 Å². The van der Waals surface area contributed by atoms with Gasteiger partial charge in [0.15, 0.2) is 0 Å². The lowest BCUT2D eigenvalue weighted by Crippen LogP contribution is -2.11. The van der Waals surface area contributed by atoms with Crippen molar-refractivity contribution in [2.75, 3.05) is 4.90 Å². The zero-order chi connectivity index (χ0) is 36.6. The van der Waals surface area contributed by atoms with Crippen LogP contribution in [-0.2, 0) is 0 Å². The maximum Gasteiger partial charge on any atom is 0.0540 e. The molecule has 0 saturated heterocycles. The number of para-hydroxylation sites is 1. The molecule has 258 valence electrons. The lowest BCUT2D eigenvalue weighted by molar-refractivity contribution is 1.28. The minimum absolute atomic E-state index is 1.10. The molecule has 0 atom stereocenters. The van der Waals surface area contributed by atoms with Crippen LogP contribution in [-0.4, -0.2) is 0 Å². The highest BCUT2D eigenvalue weighted by Crippen LogP contribution is 2.43. The largest absolute Gasteiger partial charge is 0.310 e. The van der Waals surface area contributed by atoms with Gasteiger partial charge in [0.1, 0.15) is 0 Å². The van der Waals surface area contributed by atoms with Crippen LogP contribution in [0.5, 0.6) is 0 Å². The van der Waals surface area contributed by atoms with Gasteiger partial charge in [-0.3, -0.25) is 0 Å². The van der Waals surface area contributed by atoms with Crippen molar-refractivity contribution in [1.82, 2.24) is 0 Å². The Kier molecular flexibility index (Phi) is 8.24. The van der Waals surface area contributed by atoms with Crippen molar-refractivity contribution in [1.29, 1.82) is 0 Å². The smallest absolute Gasteiger partial charge is 0.0540 e. The molecule has 0 aliphatic heterocycles. The fourth-order valence-electron chi connectivity index (χ4n) is 8.16. The highest BCUT2D eigenvalue weighted by molar-refractivity contribution is 6.13. The van der Waals surface area contributed by atoms with Crippen LogP contribution >= 0.6 is 0 Å². The van der Waals surface area contributed by atoms with Crippen LogP contribution in [0.4, 0.5) is 17.1 Å². The SMILES string of the molecule is c1ccc(-c2ccc(-c3ccccc3N(c3ccc(-c4cccc5ccccc45)cc3)c3ccc(-c4cc5ccccc5c5ccccc45)cc3)cc2)cc1. The monoisotopic (exact) mass is 699 g/mol. The van der Waals surface area contributed by atoms with E-state index in [0.717, 1.165) is 17.1 Å². The van der Waals surface area contributed by atoms with Gasteiger partial charge in [-0.05, 0) is 108 Å². The second-order valence-corrected chi connectivity index (χ2v) is 14.1. The first kappa shape index (κ1) is 32.4. The molecule has 0 aliphatic rings. The van der Waals surface area contributed by atoms with Gasteiger partial charge in [-0.25, -0.2) is 0 Å². The number of nitrogens with zero attached hydrogens (tertiary/aromatic N) is 1. The molecule has 0 fully saturated rings. The van der Waals surface area contributed by atoms with E-state index in [2.05, 4.69) is 229 Å². The summed E-state index contributed by atoms with van der Waals surface area (Å²) in [5.74, 6) is 0. The molecule has 0 aromatic heterocycles. The molecule has 0 unspecified atom stereocenters. The summed E-state index contributed by atoms with van der Waals surface area (Å²) in [6, 6.07) is 81.4. The summed E-state index contributed by atoms with van der Waals surface area (Å²) in [6.07, 6.45) is 0. The van der Waals surface area contributed by atoms with Crippen molar-refractivity contribution in [3.63, 3.8) is 0 Å². The van der Waals surface area contributed by atoms with E-state index in [0.29, 0.717) is 0 Å². The fraction of sp³-hybridized carbons (Fsp3) is 0. The predicted octanol–water partition coefficient (Wildman–Crippen LogP) is 15.3. The maximum atomic E-state index is 2.40. The molecule has 0 spiro atoms. The number of benzene rings is 10. The van der Waals surface area contributed by atoms with Gasteiger partial charge in [0, 0.05) is 16.9 Å². The molecule has 10 rings (SSSR count). The third-order valence-electron chi connectivity index (χ3n) is 10.9. The van der Waals surface area contributed by atoms with Gasteiger partial charge in [-0.2, -0.15) is 0 Å². The summed E-state index contributed by atoms with van der Waals surface area (Å²) < 4.78 is 0. The molecular formula is C54H37N. The van der Waals surface area contributed by atoms with Crippen LogP contribution < -0.4 is 4.90 Å². The Morgan fingerprint density at radius 1 is 0.236 bits per heavy atom. The number of rotatable bonds is 7. The van der Waals surface area contributed by atoms with E-state index in [1.807, 2.05) is 0 Å². The highest BCUT2D eigenvalue weighted by atomic mass is 15.1. The lowest BCUT2D eigenvalue weighted by Gasteiger charge is -2.28. The Balaban J connectivity index is 1.10. The van der Waals surface area contributed by atoms with Crippen molar-refractivity contribution in [3.8, 4) is 44.5 Å². The van der Waals surface area contributed by atoms with Crippen LogP contribution in [0.25, 0.3) is 76.8 Å². The Bertz CT molecular complexity index is 2940. The fourth-order valence-corrected chi connectivity index (χ4v) is 8.16. The normalized spacial score (nSPS) is 11.3. The first-order valence-corrected chi connectivity index (χ1v) is 18.9. The number of fused-ring (bicyclic) bond motifs is 4. The second kappa shape index (κ2) is 14.0. The zero-order valence-corrected chi connectivity index (χ0v) is 30.3. The molecule has 10 aromatic rings. The van der Waals surface area contributed by atoms with E-state index in [1.54, 1.807) is 0 Å². The molecule has 1 nitrogen and oxygen atoms in total. The highest BCUT2D eigenvalue weighted by Gasteiger charge is 2.18. The van der Waals surface area contributed by atoms with E-state index in [9.17, 15) is 0 Å². The summed E-state index contributed by atoms with van der Waals surface area (Å²) in [5, 5.41) is 7.58. The molecule has 1 heteroatoms. The topological polar surface area (TPSA) is 3.24 Å². The summed E-state index contributed by atoms with van der Waals surface area (Å²) in [7, 11) is 0. The van der Waals surface area contributed by atoms with E-state index in [-0.39, 0.29) is 0 Å². The number of anilines is 3. The van der Waals surface area contributed by atoms with Crippen LogP contribution in [0.3, 0.4) is 0 Å². The van der Waals surface area contributed by atoms with Crippen LogP contribution in [0, 0.1) is 0 Å². The first-order valence-electron chi connectivity index (χ1n) is 18.9. The van der Waals surface area contributed by atoms with Gasteiger partial charge in [-0.15, -0.1) is 0 Å². The molecule has 0 saturated carbocycles. The van der Waals surface area contributed by atoms with E-state index in [1.165, 1.54) is 76.8 Å². The average molecular weight is 700 g/mol. The van der Waals surface area contributed by atoms with Crippen molar-refractivity contribution < 1.29 is 0 Å². The van der Waals surface area contributed by atoms with Crippen molar-refractivity contribution in [3.05, 3.63) is 224 Å². The molecule has 10 aromatic carbocycles. The van der Waals surface area contributed by atoms with E-state index < -0.39 is 0 Å². The van der Waals surface area contributed by atoms with Gasteiger partial charge in [0.25, 0.3) is 0 Å². The maximum absolute atomic E-state index is 2.40. The van der Waals surface area contributed by atoms with Gasteiger partial charge >= 0.3 is 0 Å². The van der Waals surface area contributed by atoms with Gasteiger partial charge in [0.05, 0.1) is 5.69 Å². The number of hydrogen-bond donors (Lipinski definition) is 0. The molecule has 55 heavy (non-hydrogen) atoms. The average Bonchev–Trinajstić information content (AvgIpc) is 3.27. The van der Waals surface area contributed by atoms with Gasteiger partial charge < -0.3 is 4.90 Å². The van der Waals surface area contributed by atoms with Crippen molar-refractivity contribution >= 4 is 49.4 Å². The quantitative estimate of drug-likeness (QED) is 0.150. The summed E-state index contributed by atoms with van der Waals surface area (Å²) in [5.41, 5.74) is 13.0. The minimum atomic E-state index is 1.10. The summed E-state index contributed by atoms with van der Waals surface area (Å²) in [4.78, 5) is 2.40. The first-order chi connectivity index (χ1) is 27.3. The summed E-state index contributed by atoms with van der Waals surface area (Å²) in [6.45, 7) is 0. The van der Waals surface area contributed by atoms with Crippen molar-refractivity contribution in [2.24, 2.45) is 0 Å². The molecule has 0 aliphatic carbocycles. The Morgan fingerprint density at radius 3 is 1.42 bits per heavy atom. The zero-order valence-electron chi connectivity index (χ0n) is 30.3. The van der Waals surface area contributed by atoms with E-state index in [4.69, 9.17) is 0 Å². The van der Waals surface area contributed by atoms with Crippen molar-refractivity contribution in [2.45, 2.75) is 0 Å². The Labute approximate surface area is 322 Å². The molecule has 0 bridgehead atoms. The molecule has 0 heterocycles. The Hall–Kier alpha value is -7.22. The van der Waals surface area contributed by atoms with Gasteiger partial charge in [0.2, 0.25) is 0 Å². The minimum Gasteiger partial charge on any atom is -0.310 e. The standard InChI is InChI=1S/C54H37N/c1-2-13-38(14-3-1)39-25-27-42(28-26-39)50-20-10-11-24-54(50)55(45-33-29-41(30-34-45)48-23-12-17-40-15-4-6-18-47(40)48)46-35-31-43(32-36-46)53-37-44-16-5-7-19-49(44)51-21-8-9-22-52(51)53/h1-37H. The molecule has 0 radical (unpaired) electrons. The molecule has 0 N–H and O–H groups in total. The van der Waals surface area contributed by atoms with E-state index >= 15 is 0 Å². The number of hydrogen-bond acceptors (Lipinski definition) is 1. The second-order valence-electron chi connectivity index (χ2n) is 14.1. The molecule has 0 amide bonds. The summed E-state index contributed by atoms with van der Waals surface area (Å²) >= 11 is 0. The van der Waals surface area contributed by atoms with Crippen LogP contribution in [0.2, 0.25) is 0 Å². The third kappa shape index (κ3) is 6.02. The third-order valence-corrected chi connectivity index (χ3v) is 10.9. The Morgan fingerprint density at radius 2 is 0.691 bits per heavy atom. The lowest BCUT2D eigenvalue weighted by atomic mass is 9.93. The predicted molar refractivity (Wildman–Crippen MR) is 235 cm³/mol. The van der Waals surface area contributed by atoms with Crippen LogP contribution in [0.15, 0.2) is 224 Å². The van der Waals surface area contributed by atoms with Gasteiger partial charge in [-0.1, -0.05) is 188 Å². The molecular weight excluding hydrogens is 663 g/mol.